The van der Waals surface area contributed by atoms with Crippen molar-refractivity contribution in [2.45, 2.75) is 25.9 Å². The molecule has 24 heavy (non-hydrogen) atoms. The summed E-state index contributed by atoms with van der Waals surface area (Å²) in [6, 6.07) is 8.23. The first-order valence-electron chi connectivity index (χ1n) is 8.30. The second kappa shape index (κ2) is 7.19. The Hall–Kier alpha value is -2.12. The van der Waals surface area contributed by atoms with Crippen molar-refractivity contribution in [1.29, 1.82) is 0 Å². The van der Waals surface area contributed by atoms with Gasteiger partial charge in [0, 0.05) is 25.5 Å². The molecule has 0 unspecified atom stereocenters. The largest absolute Gasteiger partial charge is 0.299 e. The first-order chi connectivity index (χ1) is 11.9. The zero-order valence-corrected chi connectivity index (χ0v) is 14.3. The Kier molecular flexibility index (Phi) is 4.62. The Labute approximate surface area is 145 Å². The van der Waals surface area contributed by atoms with E-state index in [1.165, 1.54) is 18.4 Å². The number of hydrogen-bond acceptors (Lipinski definition) is 6. The molecule has 1 atom stereocenters. The maximum Gasteiger partial charge on any atom is 0.214 e. The van der Waals surface area contributed by atoms with E-state index in [1.807, 2.05) is 29.9 Å². The lowest BCUT2D eigenvalue weighted by Crippen LogP contribution is -2.36. The topological polar surface area (TPSA) is 59.7 Å². The molecular formula is C17H20N6S. The second-order valence-corrected chi connectivity index (χ2v) is 7.19. The quantitative estimate of drug-likeness (QED) is 0.715. The third-order valence-electron chi connectivity index (χ3n) is 4.37. The van der Waals surface area contributed by atoms with Crippen LogP contribution in [0.3, 0.4) is 0 Å². The van der Waals surface area contributed by atoms with Crippen LogP contribution in [-0.2, 0) is 13.1 Å². The van der Waals surface area contributed by atoms with Crippen molar-refractivity contribution in [3.05, 3.63) is 47.6 Å². The molecule has 0 amide bonds. The molecule has 1 fully saturated rings. The van der Waals surface area contributed by atoms with Crippen molar-refractivity contribution in [2.75, 3.05) is 13.1 Å². The number of likely N-dealkylation sites (tertiary alicyclic amines) is 1. The minimum atomic E-state index is 0.575. The second-order valence-electron chi connectivity index (χ2n) is 6.24. The zero-order chi connectivity index (χ0) is 16.2. The highest BCUT2D eigenvalue weighted by Crippen LogP contribution is 2.22. The van der Waals surface area contributed by atoms with E-state index >= 15 is 0 Å². The third kappa shape index (κ3) is 3.68. The fraction of sp³-hybridized carbons (Fsp3) is 0.412. The number of hydrogen-bond donors (Lipinski definition) is 0. The molecule has 1 saturated heterocycles. The van der Waals surface area contributed by atoms with E-state index < -0.39 is 0 Å². The van der Waals surface area contributed by atoms with E-state index in [2.05, 4.69) is 37.4 Å². The predicted molar refractivity (Wildman–Crippen MR) is 93.4 cm³/mol. The van der Waals surface area contributed by atoms with E-state index in [0.29, 0.717) is 5.92 Å². The molecule has 0 bridgehead atoms. The van der Waals surface area contributed by atoms with Crippen molar-refractivity contribution in [3.63, 3.8) is 0 Å². The summed E-state index contributed by atoms with van der Waals surface area (Å²) in [5, 5.41) is 15.0. The maximum absolute atomic E-state index is 4.53. The number of thiophene rings is 1. The highest BCUT2D eigenvalue weighted by atomic mass is 32.1. The van der Waals surface area contributed by atoms with Crippen LogP contribution >= 0.6 is 11.3 Å². The summed E-state index contributed by atoms with van der Waals surface area (Å²) in [5.74, 6) is 1.31. The molecule has 3 aromatic heterocycles. The number of aromatic nitrogens is 5. The first-order valence-corrected chi connectivity index (χ1v) is 9.18. The molecule has 0 aliphatic carbocycles. The van der Waals surface area contributed by atoms with Crippen LogP contribution < -0.4 is 0 Å². The van der Waals surface area contributed by atoms with Gasteiger partial charge in [0.15, 0.2) is 0 Å². The highest BCUT2D eigenvalue weighted by molar-refractivity contribution is 7.13. The summed E-state index contributed by atoms with van der Waals surface area (Å²) in [6.45, 7) is 4.07. The van der Waals surface area contributed by atoms with E-state index in [1.54, 1.807) is 16.1 Å². The molecule has 0 aromatic carbocycles. The lowest BCUT2D eigenvalue weighted by molar-refractivity contribution is 0.149. The third-order valence-corrected chi connectivity index (χ3v) is 5.24. The van der Waals surface area contributed by atoms with E-state index in [-0.39, 0.29) is 0 Å². The molecule has 4 heterocycles. The van der Waals surface area contributed by atoms with Crippen molar-refractivity contribution < 1.29 is 0 Å². The van der Waals surface area contributed by atoms with Crippen molar-refractivity contribution >= 4 is 11.3 Å². The van der Waals surface area contributed by atoms with Gasteiger partial charge in [0.05, 0.1) is 11.4 Å². The zero-order valence-electron chi connectivity index (χ0n) is 13.5. The van der Waals surface area contributed by atoms with Crippen LogP contribution in [0.2, 0.25) is 0 Å². The molecule has 1 aliphatic rings. The van der Waals surface area contributed by atoms with Crippen molar-refractivity contribution in [2.24, 2.45) is 5.92 Å². The van der Waals surface area contributed by atoms with Gasteiger partial charge in [-0.3, -0.25) is 9.88 Å². The summed E-state index contributed by atoms with van der Waals surface area (Å²) in [5.41, 5.74) is 1.32. The number of rotatable bonds is 5. The average molecular weight is 340 g/mol. The molecule has 4 rings (SSSR count). The molecule has 124 valence electrons. The number of pyridine rings is 1. The van der Waals surface area contributed by atoms with Gasteiger partial charge in [0.2, 0.25) is 5.82 Å². The van der Waals surface area contributed by atoms with Crippen LogP contribution in [-0.4, -0.2) is 43.2 Å². The Morgan fingerprint density at radius 1 is 1.21 bits per heavy atom. The number of nitrogens with zero attached hydrogens (tertiary/aromatic N) is 6. The Balaban J connectivity index is 1.36. The van der Waals surface area contributed by atoms with Gasteiger partial charge in [0.25, 0.3) is 0 Å². The van der Waals surface area contributed by atoms with E-state index in [0.717, 1.165) is 36.9 Å². The van der Waals surface area contributed by atoms with Gasteiger partial charge in [-0.2, -0.15) is 4.80 Å². The van der Waals surface area contributed by atoms with Gasteiger partial charge in [-0.1, -0.05) is 6.07 Å². The van der Waals surface area contributed by atoms with Crippen LogP contribution in [0.4, 0.5) is 0 Å². The van der Waals surface area contributed by atoms with Gasteiger partial charge < -0.3 is 0 Å². The SMILES string of the molecule is c1csc(-c2nnn(C[C@H]3CCCN(Cc4ccncc4)C3)n2)c1. The predicted octanol–water partition coefficient (Wildman–Crippen LogP) is 2.71. The van der Waals surface area contributed by atoms with Crippen LogP contribution in [0.5, 0.6) is 0 Å². The average Bonchev–Trinajstić information content (AvgIpc) is 3.27. The lowest BCUT2D eigenvalue weighted by atomic mass is 9.98. The molecule has 0 N–H and O–H groups in total. The van der Waals surface area contributed by atoms with Crippen LogP contribution in [0.15, 0.2) is 42.0 Å². The smallest absolute Gasteiger partial charge is 0.214 e. The minimum Gasteiger partial charge on any atom is -0.299 e. The summed E-state index contributed by atoms with van der Waals surface area (Å²) < 4.78 is 0. The fourth-order valence-electron chi connectivity index (χ4n) is 3.25. The Morgan fingerprint density at radius 2 is 2.12 bits per heavy atom. The lowest BCUT2D eigenvalue weighted by Gasteiger charge is -2.32. The molecule has 0 spiro atoms. The van der Waals surface area contributed by atoms with Gasteiger partial charge in [-0.15, -0.1) is 21.5 Å². The number of piperidine rings is 1. The molecule has 6 nitrogen and oxygen atoms in total. The van der Waals surface area contributed by atoms with Gasteiger partial charge in [-0.25, -0.2) is 0 Å². The highest BCUT2D eigenvalue weighted by Gasteiger charge is 2.21. The molecule has 3 aromatic rings. The minimum absolute atomic E-state index is 0.575. The summed E-state index contributed by atoms with van der Waals surface area (Å²) in [6.07, 6.45) is 6.18. The normalized spacial score (nSPS) is 18.8. The van der Waals surface area contributed by atoms with Gasteiger partial charge in [0.1, 0.15) is 0 Å². The van der Waals surface area contributed by atoms with Gasteiger partial charge in [-0.05, 0) is 59.7 Å². The fourth-order valence-corrected chi connectivity index (χ4v) is 3.89. The van der Waals surface area contributed by atoms with Crippen LogP contribution in [0.1, 0.15) is 18.4 Å². The monoisotopic (exact) mass is 340 g/mol. The molecule has 0 radical (unpaired) electrons. The molecule has 0 saturated carbocycles. The van der Waals surface area contributed by atoms with E-state index in [9.17, 15) is 0 Å². The molecule has 1 aliphatic heterocycles. The van der Waals surface area contributed by atoms with E-state index in [4.69, 9.17) is 0 Å². The maximum atomic E-state index is 4.53. The summed E-state index contributed by atoms with van der Waals surface area (Å²) in [4.78, 5) is 9.44. The number of tetrazole rings is 1. The first kappa shape index (κ1) is 15.4. The van der Waals surface area contributed by atoms with Crippen LogP contribution in [0, 0.1) is 5.92 Å². The summed E-state index contributed by atoms with van der Waals surface area (Å²) >= 11 is 1.65. The Bertz CT molecular complexity index is 755. The molecule has 7 heteroatoms. The van der Waals surface area contributed by atoms with Crippen molar-refractivity contribution in [3.8, 4) is 10.7 Å². The molecular weight excluding hydrogens is 320 g/mol. The van der Waals surface area contributed by atoms with Gasteiger partial charge >= 0.3 is 0 Å². The van der Waals surface area contributed by atoms with Crippen LogP contribution in [0.25, 0.3) is 10.7 Å². The summed E-state index contributed by atoms with van der Waals surface area (Å²) in [7, 11) is 0. The van der Waals surface area contributed by atoms with Crippen molar-refractivity contribution in [1.82, 2.24) is 30.1 Å². The Morgan fingerprint density at radius 3 is 2.96 bits per heavy atom. The standard InChI is InChI=1S/C17H20N6S/c1-3-15(12-22(9-1)11-14-5-7-18-8-6-14)13-23-20-17(19-21-23)16-4-2-10-24-16/h2,4-8,10,15H,1,3,9,11-13H2/t15-/m0/s1.